The van der Waals surface area contributed by atoms with E-state index in [1.165, 1.54) is 39.3 Å². The summed E-state index contributed by atoms with van der Waals surface area (Å²) in [6.45, 7) is 1.45. The molecule has 0 spiro atoms. The third kappa shape index (κ3) is 3.99. The van der Waals surface area contributed by atoms with Gasteiger partial charge in [-0.1, -0.05) is 13.0 Å². The number of rotatable bonds is 6. The van der Waals surface area contributed by atoms with E-state index < -0.39 is 26.8 Å². The summed E-state index contributed by atoms with van der Waals surface area (Å²) < 4.78 is 30.1. The van der Waals surface area contributed by atoms with Crippen LogP contribution < -0.4 is 0 Å². The lowest BCUT2D eigenvalue weighted by Crippen LogP contribution is -2.34. The van der Waals surface area contributed by atoms with Crippen molar-refractivity contribution in [1.29, 1.82) is 0 Å². The molecule has 116 valence electrons. The van der Waals surface area contributed by atoms with Crippen molar-refractivity contribution in [2.24, 2.45) is 5.92 Å². The summed E-state index contributed by atoms with van der Waals surface area (Å²) in [6.07, 6.45) is 0. The van der Waals surface area contributed by atoms with E-state index in [4.69, 9.17) is 0 Å². The first-order valence-corrected chi connectivity index (χ1v) is 7.42. The van der Waals surface area contributed by atoms with Crippen molar-refractivity contribution >= 4 is 21.7 Å². The van der Waals surface area contributed by atoms with Gasteiger partial charge in [-0.2, -0.15) is 0 Å². The van der Waals surface area contributed by atoms with Gasteiger partial charge < -0.3 is 4.74 Å². The minimum absolute atomic E-state index is 0.0856. The highest BCUT2D eigenvalue weighted by Gasteiger charge is 2.26. The van der Waals surface area contributed by atoms with Gasteiger partial charge in [0.25, 0.3) is 5.69 Å². The van der Waals surface area contributed by atoms with E-state index >= 15 is 0 Å². The van der Waals surface area contributed by atoms with Gasteiger partial charge in [-0.3, -0.25) is 14.9 Å². The fourth-order valence-electron chi connectivity index (χ4n) is 1.70. The molecule has 1 aromatic rings. The molecule has 0 aliphatic heterocycles. The number of carbonyl (C=O) groups is 1. The lowest BCUT2D eigenvalue weighted by molar-refractivity contribution is -0.385. The maximum absolute atomic E-state index is 12.3. The summed E-state index contributed by atoms with van der Waals surface area (Å²) in [5, 5.41) is 10.7. The van der Waals surface area contributed by atoms with Crippen molar-refractivity contribution in [3.05, 3.63) is 34.4 Å². The highest BCUT2D eigenvalue weighted by atomic mass is 32.2. The van der Waals surface area contributed by atoms with Crippen LogP contribution in [0.25, 0.3) is 0 Å². The van der Waals surface area contributed by atoms with Crippen LogP contribution in [0.3, 0.4) is 0 Å². The van der Waals surface area contributed by atoms with Crippen molar-refractivity contribution in [2.45, 2.75) is 11.8 Å². The summed E-state index contributed by atoms with van der Waals surface area (Å²) in [7, 11) is -1.40. The monoisotopic (exact) mass is 316 g/mol. The maximum Gasteiger partial charge on any atom is 0.309 e. The fourth-order valence-corrected chi connectivity index (χ4v) is 3.00. The van der Waals surface area contributed by atoms with E-state index in [0.29, 0.717) is 0 Å². The zero-order valence-corrected chi connectivity index (χ0v) is 12.7. The SMILES string of the molecule is COC(=O)C(C)CN(C)S(=O)(=O)c1cccc([N+](=O)[O-])c1. The standard InChI is InChI=1S/C12H16N2O6S/c1-9(12(15)20-3)8-13(2)21(18,19)11-6-4-5-10(7-11)14(16)17/h4-7,9H,8H2,1-3H3. The molecule has 0 N–H and O–H groups in total. The Hall–Kier alpha value is -2.00. The number of non-ortho nitro benzene ring substituents is 1. The van der Waals surface area contributed by atoms with E-state index in [2.05, 4.69) is 4.74 Å². The van der Waals surface area contributed by atoms with Gasteiger partial charge in [0.1, 0.15) is 0 Å². The van der Waals surface area contributed by atoms with Crippen LogP contribution in [0.5, 0.6) is 0 Å². The molecule has 0 saturated heterocycles. The van der Waals surface area contributed by atoms with Crippen molar-refractivity contribution in [3.63, 3.8) is 0 Å². The molecule has 0 aromatic heterocycles. The number of nitro benzene ring substituents is 1. The highest BCUT2D eigenvalue weighted by Crippen LogP contribution is 2.20. The topological polar surface area (TPSA) is 107 Å². The van der Waals surface area contributed by atoms with Gasteiger partial charge >= 0.3 is 5.97 Å². The summed E-state index contributed by atoms with van der Waals surface area (Å²) >= 11 is 0. The first-order chi connectivity index (χ1) is 9.70. The minimum atomic E-state index is -3.91. The molecule has 1 aromatic carbocycles. The number of nitro groups is 1. The van der Waals surface area contributed by atoms with Crippen LogP contribution in [0.1, 0.15) is 6.92 Å². The summed E-state index contributed by atoms with van der Waals surface area (Å²) in [6, 6.07) is 4.75. The number of ether oxygens (including phenoxy) is 1. The average Bonchev–Trinajstić information content (AvgIpc) is 2.46. The molecule has 0 heterocycles. The molecule has 9 heteroatoms. The van der Waals surface area contributed by atoms with Crippen LogP contribution in [-0.2, 0) is 19.6 Å². The van der Waals surface area contributed by atoms with Crippen LogP contribution in [0.4, 0.5) is 5.69 Å². The number of esters is 1. The van der Waals surface area contributed by atoms with Crippen LogP contribution >= 0.6 is 0 Å². The number of benzene rings is 1. The van der Waals surface area contributed by atoms with Crippen molar-refractivity contribution < 1.29 is 22.9 Å². The smallest absolute Gasteiger partial charge is 0.309 e. The van der Waals surface area contributed by atoms with Gasteiger partial charge in [0, 0.05) is 25.7 Å². The van der Waals surface area contributed by atoms with Gasteiger partial charge in [0.05, 0.1) is 22.8 Å². The Morgan fingerprint density at radius 1 is 1.48 bits per heavy atom. The van der Waals surface area contributed by atoms with Crippen LogP contribution in [0, 0.1) is 16.0 Å². The van der Waals surface area contributed by atoms with Crippen molar-refractivity contribution in [2.75, 3.05) is 20.7 Å². The van der Waals surface area contributed by atoms with E-state index in [0.717, 1.165) is 10.4 Å². The summed E-state index contributed by atoms with van der Waals surface area (Å²) in [5.41, 5.74) is -0.314. The zero-order valence-electron chi connectivity index (χ0n) is 11.8. The first kappa shape index (κ1) is 17.1. The lowest BCUT2D eigenvalue weighted by Gasteiger charge is -2.19. The van der Waals surface area contributed by atoms with E-state index in [1.807, 2.05) is 0 Å². The molecule has 1 unspecified atom stereocenters. The Morgan fingerprint density at radius 3 is 2.62 bits per heavy atom. The van der Waals surface area contributed by atoms with Crippen LogP contribution in [0.15, 0.2) is 29.2 Å². The molecule has 0 aliphatic rings. The first-order valence-electron chi connectivity index (χ1n) is 5.98. The molecule has 1 rings (SSSR count). The Kier molecular flexibility index (Phi) is 5.39. The Morgan fingerprint density at radius 2 is 2.10 bits per heavy atom. The second-order valence-electron chi connectivity index (χ2n) is 4.46. The predicted molar refractivity (Wildman–Crippen MR) is 74.1 cm³/mol. The van der Waals surface area contributed by atoms with Gasteiger partial charge in [0.2, 0.25) is 10.0 Å². The molecule has 0 radical (unpaired) electrons. The normalized spacial score (nSPS) is 13.0. The van der Waals surface area contributed by atoms with E-state index in [1.54, 1.807) is 0 Å². The molecule has 0 aliphatic carbocycles. The van der Waals surface area contributed by atoms with Gasteiger partial charge in [-0.05, 0) is 6.07 Å². The molecule has 0 amide bonds. The largest absolute Gasteiger partial charge is 0.469 e. The van der Waals surface area contributed by atoms with E-state index in [-0.39, 0.29) is 17.1 Å². The number of nitrogens with zero attached hydrogens (tertiary/aromatic N) is 2. The Bertz CT molecular complexity index is 643. The fraction of sp³-hybridized carbons (Fsp3) is 0.417. The van der Waals surface area contributed by atoms with Crippen molar-refractivity contribution in [1.82, 2.24) is 4.31 Å². The molecule has 0 saturated carbocycles. The van der Waals surface area contributed by atoms with Gasteiger partial charge in [0.15, 0.2) is 0 Å². The molecule has 21 heavy (non-hydrogen) atoms. The van der Waals surface area contributed by atoms with Crippen LogP contribution in [0.2, 0.25) is 0 Å². The number of hydrogen-bond acceptors (Lipinski definition) is 6. The lowest BCUT2D eigenvalue weighted by atomic mass is 10.2. The number of hydrogen-bond donors (Lipinski definition) is 0. The third-order valence-corrected chi connectivity index (χ3v) is 4.69. The van der Waals surface area contributed by atoms with E-state index in [9.17, 15) is 23.3 Å². The molecule has 0 fully saturated rings. The Balaban J connectivity index is 3.02. The van der Waals surface area contributed by atoms with Gasteiger partial charge in [-0.25, -0.2) is 12.7 Å². The number of carbonyl (C=O) groups excluding carboxylic acids is 1. The molecular weight excluding hydrogens is 300 g/mol. The highest BCUT2D eigenvalue weighted by molar-refractivity contribution is 7.89. The second kappa shape index (κ2) is 6.64. The van der Waals surface area contributed by atoms with Crippen molar-refractivity contribution in [3.8, 4) is 0 Å². The second-order valence-corrected chi connectivity index (χ2v) is 6.51. The molecular formula is C12H16N2O6S. The summed E-state index contributed by atoms with van der Waals surface area (Å²) in [4.78, 5) is 21.1. The molecule has 1 atom stereocenters. The number of sulfonamides is 1. The predicted octanol–water partition coefficient (Wildman–Crippen LogP) is 1.02. The zero-order chi connectivity index (χ0) is 16.2. The minimum Gasteiger partial charge on any atom is -0.469 e. The van der Waals surface area contributed by atoms with Crippen LogP contribution in [-0.4, -0.2) is 44.3 Å². The number of methoxy groups -OCH3 is 1. The van der Waals surface area contributed by atoms with Gasteiger partial charge in [-0.15, -0.1) is 0 Å². The maximum atomic E-state index is 12.3. The molecule has 0 bridgehead atoms. The quantitative estimate of drug-likeness (QED) is 0.440. The third-order valence-electron chi connectivity index (χ3n) is 2.87. The average molecular weight is 316 g/mol. The Labute approximate surface area is 122 Å². The molecule has 8 nitrogen and oxygen atoms in total. The summed E-state index contributed by atoms with van der Waals surface area (Å²) in [5.74, 6) is -1.18.